The zero-order valence-electron chi connectivity index (χ0n) is 12.7. The summed E-state index contributed by atoms with van der Waals surface area (Å²) in [4.78, 5) is 24.2. The number of aromatic hydroxyl groups is 2. The number of cyclic esters (lactones) is 2. The average Bonchev–Trinajstić information content (AvgIpc) is 2.56. The lowest BCUT2D eigenvalue weighted by Crippen LogP contribution is -2.45. The van der Waals surface area contributed by atoms with Crippen LogP contribution in [-0.4, -0.2) is 34.4 Å². The molecular formula is C18H16O6. The van der Waals surface area contributed by atoms with Gasteiger partial charge in [-0.3, -0.25) is 0 Å². The second-order valence-corrected chi connectivity index (χ2v) is 5.59. The van der Waals surface area contributed by atoms with Crippen LogP contribution in [0.4, 0.5) is 0 Å². The van der Waals surface area contributed by atoms with Crippen LogP contribution >= 0.6 is 0 Å². The molecule has 0 amide bonds. The summed E-state index contributed by atoms with van der Waals surface area (Å²) in [6.07, 6.45) is -1.59. The Bertz CT molecular complexity index is 670. The van der Waals surface area contributed by atoms with E-state index in [4.69, 9.17) is 9.47 Å². The molecule has 1 aliphatic rings. The number of ether oxygens (including phenoxy) is 2. The molecule has 2 unspecified atom stereocenters. The van der Waals surface area contributed by atoms with Gasteiger partial charge in [0.05, 0.1) is 0 Å². The zero-order valence-corrected chi connectivity index (χ0v) is 12.7. The molecule has 6 heteroatoms. The van der Waals surface area contributed by atoms with Crippen LogP contribution < -0.4 is 0 Å². The molecule has 24 heavy (non-hydrogen) atoms. The Kier molecular flexibility index (Phi) is 4.37. The van der Waals surface area contributed by atoms with Crippen LogP contribution in [0, 0.1) is 0 Å². The van der Waals surface area contributed by atoms with Gasteiger partial charge in [0.1, 0.15) is 11.5 Å². The van der Waals surface area contributed by atoms with Crippen LogP contribution in [0.1, 0.15) is 11.1 Å². The maximum absolute atomic E-state index is 12.1. The summed E-state index contributed by atoms with van der Waals surface area (Å²) in [6, 6.07) is 12.6. The van der Waals surface area contributed by atoms with Crippen molar-refractivity contribution in [2.75, 3.05) is 0 Å². The number of hydrogen-bond acceptors (Lipinski definition) is 6. The largest absolute Gasteiger partial charge is 0.508 e. The van der Waals surface area contributed by atoms with E-state index in [1.807, 2.05) is 0 Å². The minimum Gasteiger partial charge on any atom is -0.508 e. The van der Waals surface area contributed by atoms with Crippen molar-refractivity contribution < 1.29 is 29.3 Å². The van der Waals surface area contributed by atoms with E-state index in [0.29, 0.717) is 0 Å². The third-order valence-corrected chi connectivity index (χ3v) is 3.76. The molecular weight excluding hydrogens is 312 g/mol. The highest BCUT2D eigenvalue weighted by Crippen LogP contribution is 2.20. The van der Waals surface area contributed by atoms with Crippen molar-refractivity contribution in [2.45, 2.75) is 25.0 Å². The molecule has 1 aliphatic heterocycles. The number of esters is 2. The van der Waals surface area contributed by atoms with Gasteiger partial charge in [-0.25, -0.2) is 9.59 Å². The molecule has 0 bridgehead atoms. The number of phenolic OH excluding ortho intramolecular Hbond substituents is 2. The van der Waals surface area contributed by atoms with Gasteiger partial charge in [-0.2, -0.15) is 0 Å². The first kappa shape index (κ1) is 15.9. The highest BCUT2D eigenvalue weighted by molar-refractivity contribution is 5.87. The van der Waals surface area contributed by atoms with Crippen LogP contribution in [0.2, 0.25) is 0 Å². The fourth-order valence-corrected chi connectivity index (χ4v) is 2.47. The second-order valence-electron chi connectivity index (χ2n) is 5.59. The molecule has 124 valence electrons. The smallest absolute Gasteiger partial charge is 0.348 e. The van der Waals surface area contributed by atoms with Gasteiger partial charge in [-0.15, -0.1) is 0 Å². The lowest BCUT2D eigenvalue weighted by molar-refractivity contribution is -0.194. The van der Waals surface area contributed by atoms with E-state index >= 15 is 0 Å². The Labute approximate surface area is 138 Å². The minimum atomic E-state index is -0.988. The van der Waals surface area contributed by atoms with Gasteiger partial charge < -0.3 is 19.7 Å². The fraction of sp³-hybridized carbons (Fsp3) is 0.222. The Morgan fingerprint density at radius 1 is 0.667 bits per heavy atom. The molecule has 2 aromatic carbocycles. The normalized spacial score (nSPS) is 20.3. The van der Waals surface area contributed by atoms with Crippen LogP contribution in [0.3, 0.4) is 0 Å². The predicted octanol–water partition coefficient (Wildman–Crippen LogP) is 1.72. The maximum atomic E-state index is 12.1. The monoisotopic (exact) mass is 328 g/mol. The molecule has 2 aromatic rings. The average molecular weight is 328 g/mol. The summed E-state index contributed by atoms with van der Waals surface area (Å²) in [5.74, 6) is -0.940. The molecule has 0 aliphatic carbocycles. The molecule has 1 saturated heterocycles. The Balaban J connectivity index is 1.63. The third-order valence-electron chi connectivity index (χ3n) is 3.76. The first-order valence-corrected chi connectivity index (χ1v) is 7.48. The highest BCUT2D eigenvalue weighted by Gasteiger charge is 2.38. The molecule has 3 rings (SSSR count). The number of carbonyl (C=O) groups excluding carboxylic acids is 2. The van der Waals surface area contributed by atoms with Gasteiger partial charge >= 0.3 is 11.9 Å². The van der Waals surface area contributed by atoms with Crippen LogP contribution in [0.15, 0.2) is 48.5 Å². The van der Waals surface area contributed by atoms with Gasteiger partial charge in [0.25, 0.3) is 0 Å². The fourth-order valence-electron chi connectivity index (χ4n) is 2.47. The summed E-state index contributed by atoms with van der Waals surface area (Å²) in [7, 11) is 0. The summed E-state index contributed by atoms with van der Waals surface area (Å²) in [5.41, 5.74) is 1.50. The van der Waals surface area contributed by atoms with Gasteiger partial charge in [0.15, 0.2) is 0 Å². The summed E-state index contributed by atoms with van der Waals surface area (Å²) in [6.45, 7) is 0. The van der Waals surface area contributed by atoms with Gasteiger partial charge in [0.2, 0.25) is 12.2 Å². The lowest BCUT2D eigenvalue weighted by Gasteiger charge is -2.27. The molecule has 2 atom stereocenters. The minimum absolute atomic E-state index is 0.121. The van der Waals surface area contributed by atoms with Crippen molar-refractivity contribution in [3.8, 4) is 11.5 Å². The molecule has 0 radical (unpaired) electrons. The first-order chi connectivity index (χ1) is 11.5. The zero-order chi connectivity index (χ0) is 17.1. The first-order valence-electron chi connectivity index (χ1n) is 7.48. The quantitative estimate of drug-likeness (QED) is 0.830. The van der Waals surface area contributed by atoms with Crippen LogP contribution in [0.25, 0.3) is 0 Å². The number of benzene rings is 2. The van der Waals surface area contributed by atoms with Crippen molar-refractivity contribution >= 4 is 11.9 Å². The molecule has 6 nitrogen and oxygen atoms in total. The van der Waals surface area contributed by atoms with Crippen LogP contribution in [-0.2, 0) is 31.9 Å². The van der Waals surface area contributed by atoms with Gasteiger partial charge in [-0.05, 0) is 35.4 Å². The van der Waals surface area contributed by atoms with E-state index in [0.717, 1.165) is 11.1 Å². The lowest BCUT2D eigenvalue weighted by atomic mass is 10.0. The van der Waals surface area contributed by atoms with E-state index < -0.39 is 24.1 Å². The second kappa shape index (κ2) is 6.62. The van der Waals surface area contributed by atoms with E-state index in [9.17, 15) is 19.8 Å². The van der Waals surface area contributed by atoms with E-state index in [1.54, 1.807) is 24.3 Å². The van der Waals surface area contributed by atoms with Gasteiger partial charge in [0, 0.05) is 12.8 Å². The van der Waals surface area contributed by atoms with E-state index in [2.05, 4.69) is 0 Å². The van der Waals surface area contributed by atoms with Crippen molar-refractivity contribution in [3.05, 3.63) is 59.7 Å². The summed E-state index contributed by atoms with van der Waals surface area (Å²) >= 11 is 0. The maximum Gasteiger partial charge on any atom is 0.348 e. The Morgan fingerprint density at radius 3 is 1.33 bits per heavy atom. The standard InChI is InChI=1S/C18H16O6/c19-13-5-1-11(2-6-13)9-15-17(21)24-16(18(22)23-15)10-12-3-7-14(20)8-4-12/h1-8,15-16,19-20H,9-10H2. The molecule has 2 N–H and O–H groups in total. The number of rotatable bonds is 4. The third kappa shape index (κ3) is 3.65. The SMILES string of the molecule is O=C1OC(Cc2ccc(O)cc2)C(=O)OC1Cc1ccc(O)cc1. The molecule has 1 heterocycles. The van der Waals surface area contributed by atoms with E-state index in [1.165, 1.54) is 24.3 Å². The predicted molar refractivity (Wildman–Crippen MR) is 83.4 cm³/mol. The molecule has 1 fully saturated rings. The molecule has 0 spiro atoms. The molecule has 0 aromatic heterocycles. The number of phenols is 2. The van der Waals surface area contributed by atoms with E-state index in [-0.39, 0.29) is 24.3 Å². The van der Waals surface area contributed by atoms with Crippen molar-refractivity contribution in [1.29, 1.82) is 0 Å². The van der Waals surface area contributed by atoms with Crippen molar-refractivity contribution in [2.24, 2.45) is 0 Å². The van der Waals surface area contributed by atoms with Crippen molar-refractivity contribution in [1.82, 2.24) is 0 Å². The summed E-state index contributed by atoms with van der Waals surface area (Å²) < 4.78 is 10.4. The summed E-state index contributed by atoms with van der Waals surface area (Å²) in [5, 5.41) is 18.5. The molecule has 0 saturated carbocycles. The Morgan fingerprint density at radius 2 is 1.00 bits per heavy atom. The highest BCUT2D eigenvalue weighted by atomic mass is 16.6. The number of carbonyl (C=O) groups is 2. The topological polar surface area (TPSA) is 93.1 Å². The van der Waals surface area contributed by atoms with Crippen molar-refractivity contribution in [3.63, 3.8) is 0 Å². The Hall–Kier alpha value is -3.02. The van der Waals surface area contributed by atoms with Crippen LogP contribution in [0.5, 0.6) is 11.5 Å². The number of hydrogen-bond donors (Lipinski definition) is 2. The van der Waals surface area contributed by atoms with Gasteiger partial charge in [-0.1, -0.05) is 24.3 Å².